The molecule has 2 bridgehead atoms. The Labute approximate surface area is 213 Å². The summed E-state index contributed by atoms with van der Waals surface area (Å²) in [5, 5.41) is 14.7. The van der Waals surface area contributed by atoms with Gasteiger partial charge in [0.05, 0.1) is 17.3 Å². The lowest BCUT2D eigenvalue weighted by Crippen LogP contribution is -2.32. The minimum Gasteiger partial charge on any atom is -0.434 e. The predicted octanol–water partition coefficient (Wildman–Crippen LogP) is 4.53. The number of aromatic nitrogens is 4. The molecule has 1 aliphatic heterocycles. The van der Waals surface area contributed by atoms with Crippen molar-refractivity contribution in [3.05, 3.63) is 77.1 Å². The maximum absolute atomic E-state index is 13.3. The van der Waals surface area contributed by atoms with Crippen LogP contribution in [0.15, 0.2) is 48.9 Å². The van der Waals surface area contributed by atoms with Crippen LogP contribution in [-0.2, 0) is 5.60 Å². The molecule has 0 unspecified atom stereocenters. The van der Waals surface area contributed by atoms with Gasteiger partial charge in [-0.2, -0.15) is 13.9 Å². The van der Waals surface area contributed by atoms with E-state index < -0.39 is 30.4 Å². The highest BCUT2D eigenvalue weighted by atomic mass is 19.3. The third kappa shape index (κ3) is 3.54. The highest BCUT2D eigenvalue weighted by Gasteiger charge is 2.46. The molecular formula is C26H21F4N5O3. The second-order valence-corrected chi connectivity index (χ2v) is 9.60. The Kier molecular flexibility index (Phi) is 5.42. The van der Waals surface area contributed by atoms with Crippen molar-refractivity contribution in [3.8, 4) is 16.9 Å². The number of alkyl halides is 4. The summed E-state index contributed by atoms with van der Waals surface area (Å²) in [6.07, 6.45) is 1.80. The van der Waals surface area contributed by atoms with Gasteiger partial charge in [0, 0.05) is 53.8 Å². The molecule has 1 aliphatic carbocycles. The number of halogens is 4. The zero-order valence-electron chi connectivity index (χ0n) is 20.1. The second-order valence-electron chi connectivity index (χ2n) is 9.60. The maximum Gasteiger partial charge on any atom is 0.387 e. The standard InChI is InChI=1S/C26H21F4N5O3/c1-26(37,23(27)28)24-31-10-13(11-32-24)12-6-7-35-16(8-12)20-15-9-17(21(20)33-35)34(2)22(36)14-4-3-5-18(19(14)15)38-25(29)30/h3-8,10-11,15,17,23,25,37H,9H2,1-2H3/t15-,17-,26-/m1/s1. The number of hydrogen-bond donors (Lipinski definition) is 1. The molecule has 12 heteroatoms. The number of benzene rings is 1. The molecule has 4 heterocycles. The summed E-state index contributed by atoms with van der Waals surface area (Å²) in [5.41, 5.74) is 1.53. The van der Waals surface area contributed by atoms with E-state index in [4.69, 9.17) is 9.84 Å². The van der Waals surface area contributed by atoms with E-state index in [-0.39, 0.29) is 17.7 Å². The Morgan fingerprint density at radius 3 is 2.53 bits per heavy atom. The lowest BCUT2D eigenvalue weighted by Gasteiger charge is -2.23. The number of amides is 1. The van der Waals surface area contributed by atoms with Gasteiger partial charge in [0.25, 0.3) is 12.3 Å². The highest BCUT2D eigenvalue weighted by Crippen LogP contribution is 2.53. The summed E-state index contributed by atoms with van der Waals surface area (Å²) in [6.45, 7) is -2.11. The van der Waals surface area contributed by atoms with Crippen LogP contribution in [0, 0.1) is 0 Å². The van der Waals surface area contributed by atoms with Gasteiger partial charge in [0.2, 0.25) is 0 Å². The third-order valence-electron chi connectivity index (χ3n) is 7.34. The summed E-state index contributed by atoms with van der Waals surface area (Å²) in [5.74, 6) is -1.18. The van der Waals surface area contributed by atoms with Crippen LogP contribution in [0.5, 0.6) is 5.75 Å². The van der Waals surface area contributed by atoms with Crippen molar-refractivity contribution < 1.29 is 32.2 Å². The van der Waals surface area contributed by atoms with E-state index in [2.05, 4.69) is 9.97 Å². The van der Waals surface area contributed by atoms with Gasteiger partial charge in [-0.1, -0.05) is 6.07 Å². The minimum absolute atomic E-state index is 0.0525. The number of aliphatic hydroxyl groups is 1. The summed E-state index contributed by atoms with van der Waals surface area (Å²) in [6, 6.07) is 7.77. The van der Waals surface area contributed by atoms with Gasteiger partial charge in [0.15, 0.2) is 11.4 Å². The Morgan fingerprint density at radius 2 is 1.84 bits per heavy atom. The first-order chi connectivity index (χ1) is 18.1. The predicted molar refractivity (Wildman–Crippen MR) is 126 cm³/mol. The number of nitrogens with zero attached hydrogens (tertiary/aromatic N) is 5. The van der Waals surface area contributed by atoms with Gasteiger partial charge < -0.3 is 14.7 Å². The van der Waals surface area contributed by atoms with E-state index in [1.807, 2.05) is 6.07 Å². The molecule has 0 saturated carbocycles. The normalized spacial score (nSPS) is 20.0. The largest absolute Gasteiger partial charge is 0.434 e. The molecule has 2 aliphatic rings. The fourth-order valence-electron chi connectivity index (χ4n) is 5.38. The van der Waals surface area contributed by atoms with E-state index >= 15 is 0 Å². The quantitative estimate of drug-likeness (QED) is 0.384. The molecule has 6 rings (SSSR count). The van der Waals surface area contributed by atoms with Crippen molar-refractivity contribution in [1.82, 2.24) is 24.5 Å². The van der Waals surface area contributed by atoms with Crippen molar-refractivity contribution in [2.24, 2.45) is 0 Å². The Balaban J connectivity index is 1.49. The van der Waals surface area contributed by atoms with E-state index in [9.17, 15) is 27.5 Å². The first kappa shape index (κ1) is 24.3. The van der Waals surface area contributed by atoms with Crippen LogP contribution in [-0.4, -0.2) is 55.6 Å². The van der Waals surface area contributed by atoms with Crippen molar-refractivity contribution in [2.75, 3.05) is 7.05 Å². The van der Waals surface area contributed by atoms with Gasteiger partial charge in [-0.25, -0.2) is 23.3 Å². The number of hydrogen-bond acceptors (Lipinski definition) is 6. The number of pyridine rings is 1. The molecular weight excluding hydrogens is 506 g/mol. The summed E-state index contributed by atoms with van der Waals surface area (Å²) >= 11 is 0. The second kappa shape index (κ2) is 8.48. The third-order valence-corrected chi connectivity index (χ3v) is 7.34. The van der Waals surface area contributed by atoms with E-state index in [1.54, 1.807) is 34.8 Å². The molecule has 1 amide bonds. The van der Waals surface area contributed by atoms with Crippen LogP contribution in [0.2, 0.25) is 0 Å². The lowest BCUT2D eigenvalue weighted by atomic mass is 9.88. The molecule has 4 aromatic rings. The van der Waals surface area contributed by atoms with E-state index in [1.165, 1.54) is 24.5 Å². The van der Waals surface area contributed by atoms with Gasteiger partial charge >= 0.3 is 6.61 Å². The number of ether oxygens (including phenoxy) is 1. The lowest BCUT2D eigenvalue weighted by molar-refractivity contribution is -0.0939. The van der Waals surface area contributed by atoms with E-state index in [0.29, 0.717) is 39.9 Å². The molecule has 0 spiro atoms. The topological polar surface area (TPSA) is 92.9 Å². The molecule has 3 atom stereocenters. The van der Waals surface area contributed by atoms with Crippen molar-refractivity contribution in [3.63, 3.8) is 0 Å². The van der Waals surface area contributed by atoms with Crippen LogP contribution in [0.4, 0.5) is 17.6 Å². The van der Waals surface area contributed by atoms with Gasteiger partial charge in [-0.15, -0.1) is 0 Å². The molecule has 38 heavy (non-hydrogen) atoms. The average molecular weight is 527 g/mol. The Morgan fingerprint density at radius 1 is 1.11 bits per heavy atom. The molecule has 1 N–H and O–H groups in total. The van der Waals surface area contributed by atoms with Crippen LogP contribution >= 0.6 is 0 Å². The fraction of sp³-hybridized carbons (Fsp3) is 0.308. The maximum atomic E-state index is 13.3. The number of rotatable bonds is 5. The van der Waals surface area contributed by atoms with Gasteiger partial charge in [0.1, 0.15) is 5.75 Å². The summed E-state index contributed by atoms with van der Waals surface area (Å²) in [4.78, 5) is 22.7. The molecule has 196 valence electrons. The summed E-state index contributed by atoms with van der Waals surface area (Å²) in [7, 11) is 1.66. The van der Waals surface area contributed by atoms with Crippen molar-refractivity contribution in [2.45, 2.75) is 43.9 Å². The average Bonchev–Trinajstić information content (AvgIpc) is 3.41. The molecule has 0 saturated heterocycles. The van der Waals surface area contributed by atoms with Crippen LogP contribution < -0.4 is 4.74 Å². The minimum atomic E-state index is -3.06. The SMILES string of the molecule is CN1C(=O)c2cccc(OC(F)F)c2[C@H]2C[C@@H]1c1nn3ccc(-c4cnc([C@](C)(O)C(F)F)nc4)cc3c12. The Bertz CT molecular complexity index is 1570. The Hall–Kier alpha value is -4.06. The first-order valence-electron chi connectivity index (χ1n) is 11.8. The molecule has 0 radical (unpaired) electrons. The van der Waals surface area contributed by atoms with Gasteiger partial charge in [-0.3, -0.25) is 4.79 Å². The zero-order chi connectivity index (χ0) is 26.9. The summed E-state index contributed by atoms with van der Waals surface area (Å²) < 4.78 is 59.4. The number of fused-ring (bicyclic) bond motifs is 9. The number of carbonyl (C=O) groups is 1. The van der Waals surface area contributed by atoms with Crippen molar-refractivity contribution >= 4 is 11.4 Å². The van der Waals surface area contributed by atoms with E-state index in [0.717, 1.165) is 12.5 Å². The smallest absolute Gasteiger partial charge is 0.387 e. The monoisotopic (exact) mass is 527 g/mol. The fourth-order valence-corrected chi connectivity index (χ4v) is 5.38. The molecule has 8 nitrogen and oxygen atoms in total. The van der Waals surface area contributed by atoms with Crippen LogP contribution in [0.25, 0.3) is 16.6 Å². The number of carbonyl (C=O) groups excluding carboxylic acids is 1. The van der Waals surface area contributed by atoms with Gasteiger partial charge in [-0.05, 0) is 43.2 Å². The molecule has 1 aromatic carbocycles. The first-order valence-corrected chi connectivity index (χ1v) is 11.8. The highest BCUT2D eigenvalue weighted by molar-refractivity contribution is 5.98. The van der Waals surface area contributed by atoms with Crippen LogP contribution in [0.1, 0.15) is 58.3 Å². The van der Waals surface area contributed by atoms with Crippen molar-refractivity contribution in [1.29, 1.82) is 0 Å². The molecule has 3 aromatic heterocycles. The zero-order valence-corrected chi connectivity index (χ0v) is 20.1. The molecule has 0 fully saturated rings. The van der Waals surface area contributed by atoms with Crippen LogP contribution in [0.3, 0.4) is 0 Å².